The topological polar surface area (TPSA) is 40.5 Å². The smallest absolute Gasteiger partial charge is 0.304 e. The van der Waals surface area contributed by atoms with Gasteiger partial charge in [0, 0.05) is 12.1 Å². The highest BCUT2D eigenvalue weighted by molar-refractivity contribution is 5.67. The van der Waals surface area contributed by atoms with E-state index in [4.69, 9.17) is 5.11 Å². The van der Waals surface area contributed by atoms with Gasteiger partial charge in [0.25, 0.3) is 0 Å². The molecule has 3 heteroatoms. The predicted molar refractivity (Wildman–Crippen MR) is 58.5 cm³/mol. The van der Waals surface area contributed by atoms with Crippen LogP contribution in [0.5, 0.6) is 0 Å². The Kier molecular flexibility index (Phi) is 6.54. The maximum absolute atomic E-state index is 10.6. The fourth-order valence-electron chi connectivity index (χ4n) is 1.76. The maximum atomic E-state index is 10.6. The van der Waals surface area contributed by atoms with E-state index in [-0.39, 0.29) is 12.5 Å². The molecule has 2 atom stereocenters. The molecule has 0 radical (unpaired) electrons. The van der Waals surface area contributed by atoms with Crippen LogP contribution in [0.1, 0.15) is 46.5 Å². The van der Waals surface area contributed by atoms with Crippen LogP contribution in [0.25, 0.3) is 0 Å². The van der Waals surface area contributed by atoms with E-state index in [1.54, 1.807) is 0 Å². The molecular formula is C11H23NO2. The Morgan fingerprint density at radius 2 is 2.00 bits per heavy atom. The van der Waals surface area contributed by atoms with Gasteiger partial charge in [0.05, 0.1) is 6.42 Å². The highest BCUT2D eigenvalue weighted by Gasteiger charge is 2.19. The second-order valence-corrected chi connectivity index (χ2v) is 3.96. The van der Waals surface area contributed by atoms with Crippen molar-refractivity contribution in [3.63, 3.8) is 0 Å². The van der Waals surface area contributed by atoms with Crippen molar-refractivity contribution in [3.8, 4) is 0 Å². The summed E-state index contributed by atoms with van der Waals surface area (Å²) in [4.78, 5) is 12.8. The van der Waals surface area contributed by atoms with Gasteiger partial charge < -0.3 is 10.0 Å². The molecule has 0 aliphatic rings. The minimum absolute atomic E-state index is 0.175. The van der Waals surface area contributed by atoms with Gasteiger partial charge in [-0.25, -0.2) is 0 Å². The summed E-state index contributed by atoms with van der Waals surface area (Å²) in [5.41, 5.74) is 0. The molecule has 0 saturated carbocycles. The normalized spacial score (nSPS) is 15.5. The van der Waals surface area contributed by atoms with Crippen molar-refractivity contribution in [2.24, 2.45) is 0 Å². The van der Waals surface area contributed by atoms with E-state index in [1.165, 1.54) is 0 Å². The van der Waals surface area contributed by atoms with Crippen LogP contribution in [0, 0.1) is 0 Å². The zero-order chi connectivity index (χ0) is 11.1. The molecular weight excluding hydrogens is 178 g/mol. The minimum Gasteiger partial charge on any atom is -0.481 e. The van der Waals surface area contributed by atoms with Crippen LogP contribution >= 0.6 is 0 Å². The summed E-state index contributed by atoms with van der Waals surface area (Å²) in [5.74, 6) is -0.701. The summed E-state index contributed by atoms with van der Waals surface area (Å²) in [6.07, 6.45) is 3.43. The van der Waals surface area contributed by atoms with Crippen molar-refractivity contribution < 1.29 is 9.90 Å². The van der Waals surface area contributed by atoms with Crippen molar-refractivity contribution >= 4 is 5.97 Å². The first-order valence-corrected chi connectivity index (χ1v) is 5.46. The fraction of sp³-hybridized carbons (Fsp3) is 0.909. The number of hydrogen-bond donors (Lipinski definition) is 1. The summed E-state index contributed by atoms with van der Waals surface area (Å²) in [7, 11) is 2.03. The first-order chi connectivity index (χ1) is 6.52. The van der Waals surface area contributed by atoms with Crippen LogP contribution in [0.3, 0.4) is 0 Å². The first-order valence-electron chi connectivity index (χ1n) is 5.46. The molecule has 0 bridgehead atoms. The molecule has 14 heavy (non-hydrogen) atoms. The van der Waals surface area contributed by atoms with Crippen molar-refractivity contribution in [2.75, 3.05) is 7.05 Å². The lowest BCUT2D eigenvalue weighted by atomic mass is 10.1. The third-order valence-corrected chi connectivity index (χ3v) is 2.86. The molecule has 0 saturated heterocycles. The Labute approximate surface area is 87.1 Å². The molecule has 0 spiro atoms. The van der Waals surface area contributed by atoms with E-state index in [9.17, 15) is 4.79 Å². The number of carbonyl (C=O) groups is 1. The van der Waals surface area contributed by atoms with Crippen LogP contribution in [0.4, 0.5) is 0 Å². The quantitative estimate of drug-likeness (QED) is 0.687. The minimum atomic E-state index is -0.701. The molecule has 0 aromatic rings. The monoisotopic (exact) mass is 201 g/mol. The van der Waals surface area contributed by atoms with Gasteiger partial charge in [-0.05, 0) is 26.8 Å². The third-order valence-electron chi connectivity index (χ3n) is 2.86. The lowest BCUT2D eigenvalue weighted by molar-refractivity contribution is -0.138. The molecule has 0 aromatic carbocycles. The second kappa shape index (κ2) is 6.82. The lowest BCUT2D eigenvalue weighted by Gasteiger charge is -2.31. The summed E-state index contributed by atoms with van der Waals surface area (Å²) < 4.78 is 0. The number of carboxylic acids is 1. The fourth-order valence-corrected chi connectivity index (χ4v) is 1.76. The van der Waals surface area contributed by atoms with Gasteiger partial charge in [0.1, 0.15) is 0 Å². The number of carboxylic acid groups (broad SMARTS) is 1. The zero-order valence-electron chi connectivity index (χ0n) is 9.79. The largest absolute Gasteiger partial charge is 0.481 e. The summed E-state index contributed by atoms with van der Waals surface area (Å²) in [6, 6.07) is 0.651. The highest BCUT2D eigenvalue weighted by Crippen LogP contribution is 2.13. The van der Waals surface area contributed by atoms with Gasteiger partial charge in [-0.3, -0.25) is 4.79 Å². The number of rotatable bonds is 7. The van der Waals surface area contributed by atoms with Gasteiger partial charge >= 0.3 is 5.97 Å². The van der Waals surface area contributed by atoms with Crippen molar-refractivity contribution in [3.05, 3.63) is 0 Å². The van der Waals surface area contributed by atoms with E-state index in [0.29, 0.717) is 6.04 Å². The molecule has 0 aliphatic carbocycles. The van der Waals surface area contributed by atoms with Crippen molar-refractivity contribution in [1.29, 1.82) is 0 Å². The molecule has 0 fully saturated rings. The second-order valence-electron chi connectivity index (χ2n) is 3.96. The lowest BCUT2D eigenvalue weighted by Crippen LogP contribution is -2.39. The summed E-state index contributed by atoms with van der Waals surface area (Å²) in [5, 5.41) is 8.75. The molecule has 0 heterocycles. The van der Waals surface area contributed by atoms with Crippen LogP contribution in [0.2, 0.25) is 0 Å². The van der Waals surface area contributed by atoms with E-state index >= 15 is 0 Å². The Hall–Kier alpha value is -0.570. The first kappa shape index (κ1) is 13.4. The van der Waals surface area contributed by atoms with Crippen LogP contribution in [-0.2, 0) is 4.79 Å². The van der Waals surface area contributed by atoms with Crippen LogP contribution in [0.15, 0.2) is 0 Å². The third kappa shape index (κ3) is 4.61. The number of hydrogen-bond acceptors (Lipinski definition) is 2. The van der Waals surface area contributed by atoms with Crippen molar-refractivity contribution in [2.45, 2.75) is 58.5 Å². The molecule has 0 aromatic heterocycles. The number of aliphatic carboxylic acids is 1. The summed E-state index contributed by atoms with van der Waals surface area (Å²) in [6.45, 7) is 6.36. The van der Waals surface area contributed by atoms with Gasteiger partial charge in [0.15, 0.2) is 0 Å². The van der Waals surface area contributed by atoms with E-state index in [2.05, 4.69) is 18.7 Å². The Morgan fingerprint density at radius 1 is 1.43 bits per heavy atom. The van der Waals surface area contributed by atoms with Crippen molar-refractivity contribution in [1.82, 2.24) is 4.90 Å². The average molecular weight is 201 g/mol. The molecule has 1 N–H and O–H groups in total. The molecule has 0 amide bonds. The molecule has 2 unspecified atom stereocenters. The Morgan fingerprint density at radius 3 is 2.36 bits per heavy atom. The van der Waals surface area contributed by atoms with E-state index in [0.717, 1.165) is 19.3 Å². The molecule has 0 aliphatic heterocycles. The van der Waals surface area contributed by atoms with Crippen LogP contribution < -0.4 is 0 Å². The standard InChI is InChI=1S/C11H23NO2/c1-5-7-9(3)12(4)10(6-2)8-11(13)14/h9-10H,5-8H2,1-4H3,(H,13,14). The molecule has 0 rings (SSSR count). The molecule has 3 nitrogen and oxygen atoms in total. The number of nitrogens with zero attached hydrogens (tertiary/aromatic N) is 1. The molecule has 84 valence electrons. The van der Waals surface area contributed by atoms with Gasteiger partial charge in [-0.15, -0.1) is 0 Å². The van der Waals surface area contributed by atoms with Gasteiger partial charge in [0.2, 0.25) is 0 Å². The Balaban J connectivity index is 4.14. The van der Waals surface area contributed by atoms with Crippen LogP contribution in [-0.4, -0.2) is 35.1 Å². The highest BCUT2D eigenvalue weighted by atomic mass is 16.4. The van der Waals surface area contributed by atoms with E-state index in [1.807, 2.05) is 14.0 Å². The van der Waals surface area contributed by atoms with Gasteiger partial charge in [-0.1, -0.05) is 20.3 Å². The average Bonchev–Trinajstić information content (AvgIpc) is 2.13. The SMILES string of the molecule is CCCC(C)N(C)C(CC)CC(=O)O. The maximum Gasteiger partial charge on any atom is 0.304 e. The van der Waals surface area contributed by atoms with Gasteiger partial charge in [-0.2, -0.15) is 0 Å². The Bertz CT molecular complexity index is 171. The van der Waals surface area contributed by atoms with E-state index < -0.39 is 5.97 Å². The summed E-state index contributed by atoms with van der Waals surface area (Å²) >= 11 is 0. The predicted octanol–water partition coefficient (Wildman–Crippen LogP) is 2.36. The zero-order valence-corrected chi connectivity index (χ0v) is 9.79.